The molecule has 0 aliphatic carbocycles. The Balaban J connectivity index is 1.57. The molecule has 0 radical (unpaired) electrons. The molecule has 0 saturated carbocycles. The molecule has 21 heavy (non-hydrogen) atoms. The maximum atomic E-state index is 9.31. The molecule has 0 aromatic heterocycles. The molecule has 0 amide bonds. The van der Waals surface area contributed by atoms with Crippen LogP contribution in [0.25, 0.3) is 0 Å². The van der Waals surface area contributed by atoms with Crippen LogP contribution in [0.1, 0.15) is 5.56 Å². The van der Waals surface area contributed by atoms with E-state index in [0.717, 1.165) is 23.6 Å². The maximum absolute atomic E-state index is 9.31. The monoisotopic (exact) mass is 279 g/mol. The molecular weight excluding hydrogens is 262 g/mol. The third-order valence-electron chi connectivity index (χ3n) is 3.34. The molecule has 0 atom stereocenters. The Hall–Kier alpha value is -2.68. The first-order valence-corrected chi connectivity index (χ1v) is 6.92. The van der Waals surface area contributed by atoms with Gasteiger partial charge in [-0.05, 0) is 42.0 Å². The lowest BCUT2D eigenvalue weighted by molar-refractivity contribution is 0.209. The van der Waals surface area contributed by atoms with E-state index >= 15 is 0 Å². The van der Waals surface area contributed by atoms with Crippen molar-refractivity contribution in [2.45, 2.75) is 6.61 Å². The van der Waals surface area contributed by atoms with Gasteiger partial charge in [0, 0.05) is 18.4 Å². The molecular formula is C18H17NO2. The number of hydrogen-bond donors (Lipinski definition) is 1. The number of phenols is 1. The second-order valence-corrected chi connectivity index (χ2v) is 4.87. The zero-order valence-electron chi connectivity index (χ0n) is 11.6. The highest BCUT2D eigenvalue weighted by atomic mass is 16.5. The number of benzene rings is 2. The Bertz CT molecular complexity index is 645. The van der Waals surface area contributed by atoms with E-state index in [0.29, 0.717) is 6.61 Å². The van der Waals surface area contributed by atoms with Crippen LogP contribution in [-0.2, 0) is 11.3 Å². The van der Waals surface area contributed by atoms with Crippen molar-refractivity contribution >= 4 is 5.69 Å². The van der Waals surface area contributed by atoms with Crippen LogP contribution >= 0.6 is 0 Å². The summed E-state index contributed by atoms with van der Waals surface area (Å²) in [5.74, 6) is 1.16. The summed E-state index contributed by atoms with van der Waals surface area (Å²) in [6.07, 6.45) is 6.00. The zero-order chi connectivity index (χ0) is 14.5. The van der Waals surface area contributed by atoms with Gasteiger partial charge in [-0.15, -0.1) is 0 Å². The molecule has 1 aliphatic heterocycles. The van der Waals surface area contributed by atoms with E-state index < -0.39 is 0 Å². The van der Waals surface area contributed by atoms with Gasteiger partial charge in [-0.1, -0.05) is 30.3 Å². The number of aromatic hydroxyl groups is 1. The number of phenolic OH excluding ortho intramolecular Hbond substituents is 1. The fraction of sp³-hybridized carbons (Fsp3) is 0.111. The standard InChI is InChI=1S/C18H17NO2/c20-17-8-6-16(7-9-17)19-12-10-18(11-13-19)21-14-15-4-2-1-3-5-15/h1-12,20H,13-14H2. The number of allylic oxidation sites excluding steroid dienone is 1. The number of anilines is 1. The number of hydrogen-bond acceptors (Lipinski definition) is 3. The summed E-state index contributed by atoms with van der Waals surface area (Å²) < 4.78 is 5.78. The molecule has 0 spiro atoms. The van der Waals surface area contributed by atoms with Crippen molar-refractivity contribution in [1.82, 2.24) is 0 Å². The SMILES string of the molecule is Oc1ccc(N2C=CC(OCc3ccccc3)=CC2)cc1. The van der Waals surface area contributed by atoms with E-state index in [4.69, 9.17) is 4.74 Å². The van der Waals surface area contributed by atoms with Gasteiger partial charge >= 0.3 is 0 Å². The largest absolute Gasteiger partial charge is 0.508 e. The van der Waals surface area contributed by atoms with Crippen molar-refractivity contribution in [1.29, 1.82) is 0 Å². The average Bonchev–Trinajstić information content (AvgIpc) is 2.55. The number of rotatable bonds is 4. The smallest absolute Gasteiger partial charge is 0.119 e. The first-order valence-electron chi connectivity index (χ1n) is 6.92. The lowest BCUT2D eigenvalue weighted by atomic mass is 10.2. The topological polar surface area (TPSA) is 32.7 Å². The first kappa shape index (κ1) is 13.3. The van der Waals surface area contributed by atoms with E-state index in [1.54, 1.807) is 12.1 Å². The van der Waals surface area contributed by atoms with E-state index in [1.165, 1.54) is 0 Å². The van der Waals surface area contributed by atoms with Crippen molar-refractivity contribution in [3.05, 3.63) is 84.3 Å². The van der Waals surface area contributed by atoms with Crippen LogP contribution in [0.2, 0.25) is 0 Å². The molecule has 1 N–H and O–H groups in total. The van der Waals surface area contributed by atoms with Gasteiger partial charge in [0.25, 0.3) is 0 Å². The van der Waals surface area contributed by atoms with Crippen LogP contribution in [0.15, 0.2) is 78.7 Å². The van der Waals surface area contributed by atoms with Gasteiger partial charge in [0.05, 0.1) is 0 Å². The fourth-order valence-electron chi connectivity index (χ4n) is 2.16. The molecule has 2 aromatic rings. The second kappa shape index (κ2) is 6.18. The highest BCUT2D eigenvalue weighted by Gasteiger charge is 2.07. The predicted molar refractivity (Wildman–Crippen MR) is 83.9 cm³/mol. The lowest BCUT2D eigenvalue weighted by Gasteiger charge is -2.22. The summed E-state index contributed by atoms with van der Waals surface area (Å²) in [6.45, 7) is 1.33. The van der Waals surface area contributed by atoms with Crippen molar-refractivity contribution in [3.63, 3.8) is 0 Å². The molecule has 3 heteroatoms. The average molecular weight is 279 g/mol. The van der Waals surface area contributed by atoms with Gasteiger partial charge in [0.2, 0.25) is 0 Å². The summed E-state index contributed by atoms with van der Waals surface area (Å²) in [4.78, 5) is 2.09. The van der Waals surface area contributed by atoms with Gasteiger partial charge < -0.3 is 14.7 Å². The molecule has 0 bridgehead atoms. The van der Waals surface area contributed by atoms with Gasteiger partial charge in [0.15, 0.2) is 0 Å². The van der Waals surface area contributed by atoms with Crippen LogP contribution in [0.4, 0.5) is 5.69 Å². The summed E-state index contributed by atoms with van der Waals surface area (Å²) in [6, 6.07) is 17.3. The fourth-order valence-corrected chi connectivity index (χ4v) is 2.16. The van der Waals surface area contributed by atoms with Crippen LogP contribution in [0, 0.1) is 0 Å². The van der Waals surface area contributed by atoms with Crippen molar-refractivity contribution in [2.75, 3.05) is 11.4 Å². The zero-order valence-corrected chi connectivity index (χ0v) is 11.6. The molecule has 0 saturated heterocycles. The normalized spacial score (nSPS) is 13.9. The van der Waals surface area contributed by atoms with E-state index in [1.807, 2.05) is 42.6 Å². The highest BCUT2D eigenvalue weighted by Crippen LogP contribution is 2.21. The van der Waals surface area contributed by atoms with Crippen LogP contribution in [0.5, 0.6) is 5.75 Å². The summed E-state index contributed by atoms with van der Waals surface area (Å²) in [5.41, 5.74) is 2.20. The Morgan fingerprint density at radius 1 is 1.00 bits per heavy atom. The Labute approximate surface area is 124 Å². The molecule has 0 fully saturated rings. The second-order valence-electron chi connectivity index (χ2n) is 4.87. The number of ether oxygens (including phenoxy) is 1. The quantitative estimate of drug-likeness (QED) is 0.923. The lowest BCUT2D eigenvalue weighted by Crippen LogP contribution is -2.19. The molecule has 1 heterocycles. The molecule has 0 unspecified atom stereocenters. The Kier molecular flexibility index (Phi) is 3.92. The summed E-state index contributed by atoms with van der Waals surface area (Å²) in [7, 11) is 0. The first-order chi connectivity index (χ1) is 10.3. The van der Waals surface area contributed by atoms with Crippen LogP contribution < -0.4 is 4.90 Å². The van der Waals surface area contributed by atoms with Crippen molar-refractivity contribution in [2.24, 2.45) is 0 Å². The Morgan fingerprint density at radius 3 is 2.43 bits per heavy atom. The van der Waals surface area contributed by atoms with Crippen molar-refractivity contribution < 1.29 is 9.84 Å². The van der Waals surface area contributed by atoms with Crippen molar-refractivity contribution in [3.8, 4) is 5.75 Å². The third kappa shape index (κ3) is 3.45. The minimum atomic E-state index is 0.280. The van der Waals surface area contributed by atoms with Crippen LogP contribution in [0.3, 0.4) is 0 Å². The van der Waals surface area contributed by atoms with Gasteiger partial charge in [-0.2, -0.15) is 0 Å². The summed E-state index contributed by atoms with van der Waals surface area (Å²) >= 11 is 0. The van der Waals surface area contributed by atoms with Gasteiger partial charge in [-0.25, -0.2) is 0 Å². The van der Waals surface area contributed by atoms with Gasteiger partial charge in [0.1, 0.15) is 18.1 Å². The predicted octanol–water partition coefficient (Wildman–Crippen LogP) is 3.83. The minimum absolute atomic E-state index is 0.280. The Morgan fingerprint density at radius 2 is 1.76 bits per heavy atom. The van der Waals surface area contributed by atoms with E-state index in [9.17, 15) is 5.11 Å². The highest BCUT2D eigenvalue weighted by molar-refractivity contribution is 5.53. The minimum Gasteiger partial charge on any atom is -0.508 e. The molecule has 2 aromatic carbocycles. The molecule has 3 rings (SSSR count). The van der Waals surface area contributed by atoms with Crippen LogP contribution in [-0.4, -0.2) is 11.7 Å². The van der Waals surface area contributed by atoms with E-state index in [2.05, 4.69) is 23.1 Å². The van der Waals surface area contributed by atoms with Gasteiger partial charge in [-0.3, -0.25) is 0 Å². The molecule has 106 valence electrons. The maximum Gasteiger partial charge on any atom is 0.119 e. The molecule has 1 aliphatic rings. The third-order valence-corrected chi connectivity index (χ3v) is 3.34. The summed E-state index contributed by atoms with van der Waals surface area (Å²) in [5, 5.41) is 9.31. The van der Waals surface area contributed by atoms with E-state index in [-0.39, 0.29) is 5.75 Å². The molecule has 3 nitrogen and oxygen atoms in total. The number of nitrogens with zero attached hydrogens (tertiary/aromatic N) is 1.